The number of carboxylic acids is 1. The summed E-state index contributed by atoms with van der Waals surface area (Å²) in [5, 5.41) is 8.04. The van der Waals surface area contributed by atoms with Crippen molar-refractivity contribution in [3.8, 4) is 0 Å². The second-order valence-electron chi connectivity index (χ2n) is 1.61. The van der Waals surface area contributed by atoms with Gasteiger partial charge in [-0.15, -0.1) is 12.4 Å². The van der Waals surface area contributed by atoms with Gasteiger partial charge in [0.05, 0.1) is 12.5 Å². The molecule has 10 heavy (non-hydrogen) atoms. The first kappa shape index (κ1) is 11.9. The van der Waals surface area contributed by atoms with Crippen LogP contribution >= 0.6 is 12.4 Å². The lowest BCUT2D eigenvalue weighted by Crippen LogP contribution is -2.38. The van der Waals surface area contributed by atoms with E-state index in [1.807, 2.05) is 0 Å². The van der Waals surface area contributed by atoms with Crippen molar-refractivity contribution < 1.29 is 14.7 Å². The molecule has 0 heterocycles. The van der Waals surface area contributed by atoms with Crippen LogP contribution in [0.5, 0.6) is 0 Å². The molecule has 1 amide bonds. The van der Waals surface area contributed by atoms with Crippen LogP contribution in [-0.2, 0) is 9.59 Å². The molecule has 1 atom stereocenters. The molecule has 0 aliphatic heterocycles. The molecule has 0 fully saturated rings. The van der Waals surface area contributed by atoms with Crippen molar-refractivity contribution in [2.24, 2.45) is 11.5 Å². The van der Waals surface area contributed by atoms with E-state index in [4.69, 9.17) is 10.8 Å². The molecule has 0 aromatic carbocycles. The molecule has 60 valence electrons. The Balaban J connectivity index is 0. The van der Waals surface area contributed by atoms with Gasteiger partial charge in [-0.05, 0) is 0 Å². The minimum atomic E-state index is -1.12. The predicted octanol–water partition coefficient (Wildman–Crippen LogP) is -1.30. The Morgan fingerprint density at radius 3 is 2.00 bits per heavy atom. The van der Waals surface area contributed by atoms with Crippen LogP contribution in [0.3, 0.4) is 0 Å². The van der Waals surface area contributed by atoms with Gasteiger partial charge in [-0.25, -0.2) is 0 Å². The van der Waals surface area contributed by atoms with Crippen LogP contribution in [0.2, 0.25) is 0 Å². The predicted molar refractivity (Wildman–Crippen MR) is 36.7 cm³/mol. The van der Waals surface area contributed by atoms with E-state index in [2.05, 4.69) is 5.73 Å². The van der Waals surface area contributed by atoms with Crippen LogP contribution in [0.15, 0.2) is 0 Å². The van der Waals surface area contributed by atoms with E-state index in [1.54, 1.807) is 0 Å². The number of carbonyl (C=O) groups is 2. The van der Waals surface area contributed by atoms with E-state index < -0.39 is 24.3 Å². The van der Waals surface area contributed by atoms with E-state index in [0.29, 0.717) is 0 Å². The maximum Gasteiger partial charge on any atom is 0.305 e. The van der Waals surface area contributed by atoms with Gasteiger partial charge in [0.1, 0.15) is 0 Å². The number of primary amides is 1. The fourth-order valence-corrected chi connectivity index (χ4v) is 0.289. The van der Waals surface area contributed by atoms with Gasteiger partial charge in [-0.2, -0.15) is 0 Å². The lowest BCUT2D eigenvalue weighted by molar-refractivity contribution is -0.139. The van der Waals surface area contributed by atoms with Gasteiger partial charge in [-0.3, -0.25) is 9.59 Å². The van der Waals surface area contributed by atoms with Crippen molar-refractivity contribution in [3.05, 3.63) is 0 Å². The Kier molecular flexibility index (Phi) is 5.98. The minimum Gasteiger partial charge on any atom is -0.481 e. The third-order valence-corrected chi connectivity index (χ3v) is 0.760. The van der Waals surface area contributed by atoms with Gasteiger partial charge in [0.25, 0.3) is 0 Å². The van der Waals surface area contributed by atoms with E-state index in [1.165, 1.54) is 0 Å². The number of nitrogens with two attached hydrogens (primary N) is 2. The lowest BCUT2D eigenvalue weighted by Gasteiger charge is -2.00. The third kappa shape index (κ3) is 5.33. The molecule has 0 saturated heterocycles. The molecule has 0 aliphatic carbocycles. The monoisotopic (exact) mass is 168 g/mol. The van der Waals surface area contributed by atoms with Crippen LogP contribution < -0.4 is 11.5 Å². The first-order valence-electron chi connectivity index (χ1n) is 2.30. The zero-order chi connectivity index (χ0) is 7.44. The van der Waals surface area contributed by atoms with Gasteiger partial charge in [0.15, 0.2) is 0 Å². The molecule has 0 bridgehead atoms. The average Bonchev–Trinajstić information content (AvgIpc) is 1.63. The summed E-state index contributed by atoms with van der Waals surface area (Å²) in [4.78, 5) is 19.9. The Hall–Kier alpha value is -0.810. The van der Waals surface area contributed by atoms with Crippen molar-refractivity contribution in [1.29, 1.82) is 0 Å². The SMILES string of the molecule is Cl.NC(=O)C(N)CC(=O)O. The van der Waals surface area contributed by atoms with Crippen LogP contribution in [0.1, 0.15) is 6.42 Å². The summed E-state index contributed by atoms with van der Waals surface area (Å²) in [7, 11) is 0. The fourth-order valence-electron chi connectivity index (χ4n) is 0.289. The first-order valence-corrected chi connectivity index (χ1v) is 2.30. The molecule has 0 radical (unpaired) electrons. The molecule has 0 aromatic rings. The topological polar surface area (TPSA) is 106 Å². The molecule has 0 saturated carbocycles. The molecule has 1 unspecified atom stereocenters. The number of carbonyl (C=O) groups excluding carboxylic acids is 1. The average molecular weight is 169 g/mol. The zero-order valence-corrected chi connectivity index (χ0v) is 5.93. The van der Waals surface area contributed by atoms with Gasteiger partial charge >= 0.3 is 5.97 Å². The molecular weight excluding hydrogens is 160 g/mol. The normalized spacial score (nSPS) is 11.3. The molecular formula is C4H9ClN2O3. The Morgan fingerprint density at radius 1 is 1.50 bits per heavy atom. The number of hydrogen-bond acceptors (Lipinski definition) is 3. The van der Waals surface area contributed by atoms with Crippen molar-refractivity contribution in [3.63, 3.8) is 0 Å². The maximum atomic E-state index is 10.1. The second-order valence-corrected chi connectivity index (χ2v) is 1.61. The minimum absolute atomic E-state index is 0. The van der Waals surface area contributed by atoms with E-state index >= 15 is 0 Å². The molecule has 6 heteroatoms. The molecule has 0 rings (SSSR count). The van der Waals surface area contributed by atoms with E-state index in [-0.39, 0.29) is 12.4 Å². The van der Waals surface area contributed by atoms with Crippen molar-refractivity contribution in [2.45, 2.75) is 12.5 Å². The first-order chi connectivity index (χ1) is 4.04. The highest BCUT2D eigenvalue weighted by atomic mass is 35.5. The van der Waals surface area contributed by atoms with Crippen LogP contribution in [0.4, 0.5) is 0 Å². The highest BCUT2D eigenvalue weighted by Crippen LogP contribution is 1.84. The van der Waals surface area contributed by atoms with Crippen LogP contribution in [0.25, 0.3) is 0 Å². The summed E-state index contributed by atoms with van der Waals surface area (Å²) < 4.78 is 0. The zero-order valence-electron chi connectivity index (χ0n) is 5.11. The number of halogens is 1. The van der Waals surface area contributed by atoms with Crippen LogP contribution in [-0.4, -0.2) is 23.0 Å². The largest absolute Gasteiger partial charge is 0.481 e. The molecule has 0 aromatic heterocycles. The highest BCUT2D eigenvalue weighted by Gasteiger charge is 2.12. The molecule has 0 spiro atoms. The lowest BCUT2D eigenvalue weighted by atomic mass is 10.2. The van der Waals surface area contributed by atoms with E-state index in [0.717, 1.165) is 0 Å². The van der Waals surface area contributed by atoms with Gasteiger partial charge in [0, 0.05) is 0 Å². The second kappa shape index (κ2) is 5.01. The number of aliphatic carboxylic acids is 1. The van der Waals surface area contributed by atoms with Crippen molar-refractivity contribution in [1.82, 2.24) is 0 Å². The highest BCUT2D eigenvalue weighted by molar-refractivity contribution is 5.85. The standard InChI is InChI=1S/C4H8N2O3.ClH/c5-2(4(6)9)1-3(7)8;/h2H,1,5H2,(H2,6,9)(H,7,8);1H. The number of carboxylic acid groups (broad SMARTS) is 1. The summed E-state index contributed by atoms with van der Waals surface area (Å²) >= 11 is 0. The third-order valence-electron chi connectivity index (χ3n) is 0.760. The summed E-state index contributed by atoms with van der Waals surface area (Å²) in [5.74, 6) is -1.92. The summed E-state index contributed by atoms with van der Waals surface area (Å²) in [6.07, 6.45) is -0.407. The Morgan fingerprint density at radius 2 is 1.90 bits per heavy atom. The number of amides is 1. The number of hydrogen-bond donors (Lipinski definition) is 3. The Labute approximate surface area is 63.8 Å². The fraction of sp³-hybridized carbons (Fsp3) is 0.500. The maximum absolute atomic E-state index is 10.1. The number of rotatable bonds is 3. The van der Waals surface area contributed by atoms with Crippen LogP contribution in [0, 0.1) is 0 Å². The van der Waals surface area contributed by atoms with Gasteiger partial charge < -0.3 is 16.6 Å². The quantitative estimate of drug-likeness (QED) is 0.487. The molecule has 5 N–H and O–H groups in total. The van der Waals surface area contributed by atoms with Crippen molar-refractivity contribution >= 4 is 24.3 Å². The van der Waals surface area contributed by atoms with E-state index in [9.17, 15) is 9.59 Å². The van der Waals surface area contributed by atoms with Gasteiger partial charge in [-0.1, -0.05) is 0 Å². The summed E-state index contributed by atoms with van der Waals surface area (Å²) in [6, 6.07) is -1.07. The summed E-state index contributed by atoms with van der Waals surface area (Å²) in [6.45, 7) is 0. The van der Waals surface area contributed by atoms with Crippen molar-refractivity contribution in [2.75, 3.05) is 0 Å². The molecule has 5 nitrogen and oxygen atoms in total. The molecule has 0 aliphatic rings. The smallest absolute Gasteiger partial charge is 0.305 e. The van der Waals surface area contributed by atoms with Gasteiger partial charge in [0.2, 0.25) is 5.91 Å². The Bertz CT molecular complexity index is 138. The summed E-state index contributed by atoms with van der Waals surface area (Å²) in [5.41, 5.74) is 9.62.